The highest BCUT2D eigenvalue weighted by atomic mass is 16.5. The van der Waals surface area contributed by atoms with Gasteiger partial charge in [-0.3, -0.25) is 9.59 Å². The predicted molar refractivity (Wildman–Crippen MR) is 102 cm³/mol. The molecule has 148 valence electrons. The summed E-state index contributed by atoms with van der Waals surface area (Å²) in [5.41, 5.74) is 1.70. The largest absolute Gasteiger partial charge is 0.493 e. The highest BCUT2D eigenvalue weighted by molar-refractivity contribution is 6.02. The maximum Gasteiger partial charge on any atom is 0.217 e. The Labute approximate surface area is 163 Å². The van der Waals surface area contributed by atoms with Gasteiger partial charge in [-0.15, -0.1) is 0 Å². The number of carbonyl (C=O) groups excluding carboxylic acids is 2. The minimum atomic E-state index is -0.928. The van der Waals surface area contributed by atoms with Crippen LogP contribution in [0.5, 0.6) is 17.2 Å². The average molecular weight is 385 g/mol. The van der Waals surface area contributed by atoms with Crippen LogP contribution in [0.25, 0.3) is 5.57 Å². The molecule has 2 heterocycles. The molecule has 28 heavy (non-hydrogen) atoms. The van der Waals surface area contributed by atoms with E-state index in [-0.39, 0.29) is 17.7 Å². The molecule has 0 radical (unpaired) electrons. The second-order valence-electron chi connectivity index (χ2n) is 7.12. The molecule has 4 rings (SSSR count). The van der Waals surface area contributed by atoms with Crippen LogP contribution in [0.4, 0.5) is 0 Å². The van der Waals surface area contributed by atoms with Crippen molar-refractivity contribution >= 4 is 17.3 Å². The van der Waals surface area contributed by atoms with Gasteiger partial charge in [0.1, 0.15) is 11.7 Å². The van der Waals surface area contributed by atoms with E-state index in [2.05, 4.69) is 5.32 Å². The normalized spacial score (nSPS) is 27.3. The van der Waals surface area contributed by atoms with E-state index in [1.54, 1.807) is 33.5 Å². The van der Waals surface area contributed by atoms with Crippen molar-refractivity contribution in [1.29, 1.82) is 0 Å². The molecule has 2 bridgehead atoms. The van der Waals surface area contributed by atoms with E-state index in [9.17, 15) is 9.59 Å². The Morgan fingerprint density at radius 2 is 1.96 bits per heavy atom. The Morgan fingerprint density at radius 3 is 2.61 bits per heavy atom. The van der Waals surface area contributed by atoms with E-state index in [1.807, 2.05) is 12.1 Å². The standard InChI is InChI=1S/C21H23NO6/c1-11(23)22-17-6-5-12-9-16(25-2)19(26-3)20(27-4)18(12)13-10-15-14(24)7-8-21(13,17)28-15/h7-10,15,17H,5-6H2,1-4H3,(H,22,23)/t15-,17+,21-/m1/s1. The van der Waals surface area contributed by atoms with Crippen LogP contribution < -0.4 is 19.5 Å². The molecule has 0 saturated carbocycles. The maximum absolute atomic E-state index is 12.3. The smallest absolute Gasteiger partial charge is 0.217 e. The summed E-state index contributed by atoms with van der Waals surface area (Å²) in [5.74, 6) is 1.31. The van der Waals surface area contributed by atoms with Crippen LogP contribution in [0.2, 0.25) is 0 Å². The zero-order valence-electron chi connectivity index (χ0n) is 16.3. The Morgan fingerprint density at radius 1 is 1.21 bits per heavy atom. The molecule has 1 N–H and O–H groups in total. The van der Waals surface area contributed by atoms with Crippen LogP contribution in [-0.2, 0) is 20.7 Å². The van der Waals surface area contributed by atoms with Crippen molar-refractivity contribution in [2.45, 2.75) is 37.5 Å². The van der Waals surface area contributed by atoms with E-state index < -0.39 is 11.7 Å². The number of amides is 1. The minimum Gasteiger partial charge on any atom is -0.493 e. The van der Waals surface area contributed by atoms with Crippen molar-refractivity contribution in [2.75, 3.05) is 21.3 Å². The van der Waals surface area contributed by atoms with Gasteiger partial charge in [-0.05, 0) is 42.7 Å². The predicted octanol–water partition coefficient (Wildman–Crippen LogP) is 1.82. The summed E-state index contributed by atoms with van der Waals surface area (Å²) in [5, 5.41) is 3.01. The molecule has 0 fully saturated rings. The van der Waals surface area contributed by atoms with Gasteiger partial charge in [0.25, 0.3) is 0 Å². The molecule has 2 aliphatic heterocycles. The van der Waals surface area contributed by atoms with Crippen molar-refractivity contribution in [3.05, 3.63) is 35.4 Å². The monoisotopic (exact) mass is 385 g/mol. The van der Waals surface area contributed by atoms with E-state index in [4.69, 9.17) is 18.9 Å². The molecule has 0 unspecified atom stereocenters. The highest BCUT2D eigenvalue weighted by Gasteiger charge is 2.53. The Balaban J connectivity index is 1.99. The SMILES string of the molecule is COc1cc2c(c(OC)c1OC)C1=C[C@H]3O[C@@]1(C=CC3=O)[C@@H](NC(C)=O)CC2. The Kier molecular flexibility index (Phi) is 4.42. The zero-order chi connectivity index (χ0) is 20.1. The molecule has 1 amide bonds. The number of fused-ring (bicyclic) bond motifs is 3. The van der Waals surface area contributed by atoms with E-state index in [0.717, 1.165) is 16.7 Å². The van der Waals surface area contributed by atoms with Gasteiger partial charge in [0.15, 0.2) is 17.3 Å². The van der Waals surface area contributed by atoms with Crippen molar-refractivity contribution in [1.82, 2.24) is 5.32 Å². The van der Waals surface area contributed by atoms with Gasteiger partial charge in [0, 0.05) is 18.1 Å². The first-order valence-electron chi connectivity index (χ1n) is 9.17. The second kappa shape index (κ2) is 6.67. The number of methoxy groups -OCH3 is 3. The van der Waals surface area contributed by atoms with Gasteiger partial charge in [-0.2, -0.15) is 0 Å². The highest BCUT2D eigenvalue weighted by Crippen LogP contribution is 2.54. The quantitative estimate of drug-likeness (QED) is 0.851. The molecule has 1 spiro atoms. The van der Waals surface area contributed by atoms with E-state index >= 15 is 0 Å². The average Bonchev–Trinajstić information content (AvgIpc) is 2.96. The summed E-state index contributed by atoms with van der Waals surface area (Å²) < 4.78 is 23.0. The van der Waals surface area contributed by atoms with Crippen molar-refractivity contribution in [2.24, 2.45) is 0 Å². The molecule has 3 aliphatic rings. The number of aryl methyl sites for hydroxylation is 1. The lowest BCUT2D eigenvalue weighted by atomic mass is 9.82. The van der Waals surface area contributed by atoms with Gasteiger partial charge in [0.2, 0.25) is 11.7 Å². The molecule has 1 aromatic rings. The summed E-state index contributed by atoms with van der Waals surface area (Å²) in [6.45, 7) is 1.48. The Hall–Kier alpha value is -2.80. The third-order valence-electron chi connectivity index (χ3n) is 5.62. The summed E-state index contributed by atoms with van der Waals surface area (Å²) in [6, 6.07) is 1.61. The molecule has 7 heteroatoms. The summed E-state index contributed by atoms with van der Waals surface area (Å²) in [7, 11) is 4.71. The molecule has 3 atom stereocenters. The number of hydrogen-bond acceptors (Lipinski definition) is 6. The number of hydrogen-bond donors (Lipinski definition) is 1. The second-order valence-corrected chi connectivity index (χ2v) is 7.12. The molecule has 0 aromatic heterocycles. The number of ketones is 1. The first-order valence-corrected chi connectivity index (χ1v) is 9.17. The number of carbonyl (C=O) groups is 2. The summed E-state index contributed by atoms with van der Waals surface area (Å²) in [4.78, 5) is 24.2. The molecular formula is C21H23NO6. The summed E-state index contributed by atoms with van der Waals surface area (Å²) >= 11 is 0. The van der Waals surface area contributed by atoms with Crippen LogP contribution in [0, 0.1) is 0 Å². The van der Waals surface area contributed by atoms with Gasteiger partial charge < -0.3 is 24.3 Å². The number of ether oxygens (including phenoxy) is 4. The molecule has 7 nitrogen and oxygen atoms in total. The van der Waals surface area contributed by atoms with Gasteiger partial charge in [-0.25, -0.2) is 0 Å². The van der Waals surface area contributed by atoms with Crippen LogP contribution in [-0.4, -0.2) is 50.8 Å². The first kappa shape index (κ1) is 18.6. The molecular weight excluding hydrogens is 362 g/mol. The van der Waals surface area contributed by atoms with Crippen LogP contribution >= 0.6 is 0 Å². The fourth-order valence-electron chi connectivity index (χ4n) is 4.46. The Bertz CT molecular complexity index is 918. The number of benzene rings is 1. The van der Waals surface area contributed by atoms with Crippen LogP contribution in [0.3, 0.4) is 0 Å². The van der Waals surface area contributed by atoms with Crippen molar-refractivity contribution < 1.29 is 28.5 Å². The van der Waals surface area contributed by atoms with Crippen LogP contribution in [0.15, 0.2) is 24.3 Å². The maximum atomic E-state index is 12.3. The fraction of sp³-hybridized carbons (Fsp3) is 0.429. The summed E-state index contributed by atoms with van der Waals surface area (Å²) in [6.07, 6.45) is 5.76. The van der Waals surface area contributed by atoms with Crippen molar-refractivity contribution in [3.8, 4) is 17.2 Å². The van der Waals surface area contributed by atoms with E-state index in [1.165, 1.54) is 6.92 Å². The minimum absolute atomic E-state index is 0.117. The lowest BCUT2D eigenvalue weighted by molar-refractivity contribution is -0.130. The van der Waals surface area contributed by atoms with Crippen LogP contribution in [0.1, 0.15) is 24.5 Å². The van der Waals surface area contributed by atoms with Gasteiger partial charge in [-0.1, -0.05) is 0 Å². The van der Waals surface area contributed by atoms with Crippen molar-refractivity contribution in [3.63, 3.8) is 0 Å². The number of rotatable bonds is 4. The molecule has 1 aliphatic carbocycles. The lowest BCUT2D eigenvalue weighted by Gasteiger charge is -2.38. The lowest BCUT2D eigenvalue weighted by Crippen LogP contribution is -2.53. The fourth-order valence-corrected chi connectivity index (χ4v) is 4.46. The molecule has 0 saturated heterocycles. The number of nitrogens with one attached hydrogen (secondary N) is 1. The van der Waals surface area contributed by atoms with Gasteiger partial charge in [0.05, 0.1) is 27.4 Å². The zero-order valence-corrected chi connectivity index (χ0v) is 16.3. The van der Waals surface area contributed by atoms with E-state index in [0.29, 0.717) is 30.1 Å². The molecule has 1 aromatic carbocycles. The topological polar surface area (TPSA) is 83.1 Å². The third kappa shape index (κ3) is 2.53. The van der Waals surface area contributed by atoms with Gasteiger partial charge >= 0.3 is 0 Å². The third-order valence-corrected chi connectivity index (χ3v) is 5.62. The first-order chi connectivity index (χ1) is 13.4.